The molecule has 0 radical (unpaired) electrons. The van der Waals surface area contributed by atoms with Crippen LogP contribution in [0.3, 0.4) is 0 Å². The standard InChI is InChI=1S/C13H28N2O2/c1-6-11(4)15(5)10-9-14-12(7-2)13(16)17-8-3/h11-12,14H,6-10H2,1-5H3. The molecular weight excluding hydrogens is 216 g/mol. The van der Waals surface area contributed by atoms with E-state index < -0.39 is 0 Å². The van der Waals surface area contributed by atoms with Crippen molar-refractivity contribution >= 4 is 5.97 Å². The average Bonchev–Trinajstić information content (AvgIpc) is 2.33. The Morgan fingerprint density at radius 3 is 2.41 bits per heavy atom. The SMILES string of the molecule is CCOC(=O)C(CC)NCCN(C)C(C)CC. The van der Waals surface area contributed by atoms with E-state index in [1.807, 2.05) is 13.8 Å². The maximum Gasteiger partial charge on any atom is 0.323 e. The van der Waals surface area contributed by atoms with Crippen LogP contribution in [0.2, 0.25) is 0 Å². The highest BCUT2D eigenvalue weighted by atomic mass is 16.5. The molecule has 0 fully saturated rings. The lowest BCUT2D eigenvalue weighted by Gasteiger charge is -2.24. The Kier molecular flexibility index (Phi) is 9.09. The normalized spacial score (nSPS) is 14.7. The maximum atomic E-state index is 11.5. The third-order valence-electron chi connectivity index (χ3n) is 3.18. The average molecular weight is 244 g/mol. The second-order valence-electron chi connectivity index (χ2n) is 4.40. The maximum absolute atomic E-state index is 11.5. The number of ether oxygens (including phenoxy) is 1. The number of esters is 1. The van der Waals surface area contributed by atoms with E-state index in [4.69, 9.17) is 4.74 Å². The largest absolute Gasteiger partial charge is 0.465 e. The van der Waals surface area contributed by atoms with Crippen LogP contribution in [0.25, 0.3) is 0 Å². The summed E-state index contributed by atoms with van der Waals surface area (Å²) in [6, 6.07) is 0.416. The summed E-state index contributed by atoms with van der Waals surface area (Å²) in [4.78, 5) is 13.8. The van der Waals surface area contributed by atoms with Crippen molar-refractivity contribution in [1.29, 1.82) is 0 Å². The fraction of sp³-hybridized carbons (Fsp3) is 0.923. The van der Waals surface area contributed by atoms with Gasteiger partial charge in [0.2, 0.25) is 0 Å². The minimum atomic E-state index is -0.166. The Morgan fingerprint density at radius 2 is 1.94 bits per heavy atom. The lowest BCUT2D eigenvalue weighted by atomic mass is 10.2. The van der Waals surface area contributed by atoms with Gasteiger partial charge in [0.05, 0.1) is 6.61 Å². The van der Waals surface area contributed by atoms with Gasteiger partial charge in [-0.1, -0.05) is 13.8 Å². The Labute approximate surface area is 106 Å². The summed E-state index contributed by atoms with van der Waals surface area (Å²) in [5, 5.41) is 3.25. The molecule has 0 aliphatic carbocycles. The Bertz CT molecular complexity index is 210. The Hall–Kier alpha value is -0.610. The third-order valence-corrected chi connectivity index (χ3v) is 3.18. The van der Waals surface area contributed by atoms with E-state index in [1.54, 1.807) is 0 Å². The van der Waals surface area contributed by atoms with Crippen molar-refractivity contribution < 1.29 is 9.53 Å². The van der Waals surface area contributed by atoms with E-state index in [1.165, 1.54) is 0 Å². The van der Waals surface area contributed by atoms with Crippen molar-refractivity contribution in [3.05, 3.63) is 0 Å². The van der Waals surface area contributed by atoms with E-state index in [0.717, 1.165) is 25.9 Å². The van der Waals surface area contributed by atoms with Crippen LogP contribution in [0.1, 0.15) is 40.5 Å². The van der Waals surface area contributed by atoms with E-state index in [9.17, 15) is 4.79 Å². The molecule has 0 aromatic rings. The number of hydrogen-bond donors (Lipinski definition) is 1. The molecule has 0 aromatic carbocycles. The predicted octanol–water partition coefficient (Wildman–Crippen LogP) is 1.65. The number of rotatable bonds is 9. The number of carbonyl (C=O) groups excluding carboxylic acids is 1. The fourth-order valence-corrected chi connectivity index (χ4v) is 1.58. The highest BCUT2D eigenvalue weighted by Gasteiger charge is 2.16. The minimum absolute atomic E-state index is 0.138. The lowest BCUT2D eigenvalue weighted by Crippen LogP contribution is -2.42. The van der Waals surface area contributed by atoms with Crippen molar-refractivity contribution in [3.8, 4) is 0 Å². The van der Waals surface area contributed by atoms with E-state index in [0.29, 0.717) is 12.6 Å². The van der Waals surface area contributed by atoms with Crippen LogP contribution in [0, 0.1) is 0 Å². The molecule has 0 spiro atoms. The monoisotopic (exact) mass is 244 g/mol. The molecule has 0 bridgehead atoms. The summed E-state index contributed by atoms with van der Waals surface area (Å²) in [5.74, 6) is -0.138. The first-order chi connectivity index (χ1) is 8.06. The fourth-order valence-electron chi connectivity index (χ4n) is 1.58. The van der Waals surface area contributed by atoms with Crippen molar-refractivity contribution in [2.75, 3.05) is 26.7 Å². The first-order valence-electron chi connectivity index (χ1n) is 6.66. The van der Waals surface area contributed by atoms with Crippen LogP contribution in [-0.4, -0.2) is 49.7 Å². The van der Waals surface area contributed by atoms with E-state index in [2.05, 4.69) is 31.1 Å². The molecule has 0 aliphatic heterocycles. The highest BCUT2D eigenvalue weighted by molar-refractivity contribution is 5.75. The zero-order valence-corrected chi connectivity index (χ0v) is 12.0. The van der Waals surface area contributed by atoms with Gasteiger partial charge < -0.3 is 15.0 Å². The lowest BCUT2D eigenvalue weighted by molar-refractivity contribution is -0.145. The molecule has 0 aliphatic rings. The topological polar surface area (TPSA) is 41.6 Å². The second kappa shape index (κ2) is 9.42. The molecule has 4 heteroatoms. The molecule has 17 heavy (non-hydrogen) atoms. The van der Waals surface area contributed by atoms with Gasteiger partial charge in [-0.2, -0.15) is 0 Å². The number of nitrogens with one attached hydrogen (secondary N) is 1. The summed E-state index contributed by atoms with van der Waals surface area (Å²) in [6.45, 7) is 10.4. The minimum Gasteiger partial charge on any atom is -0.465 e. The Morgan fingerprint density at radius 1 is 1.29 bits per heavy atom. The van der Waals surface area contributed by atoms with Gasteiger partial charge in [-0.05, 0) is 33.7 Å². The van der Waals surface area contributed by atoms with Gasteiger partial charge in [0.15, 0.2) is 0 Å². The number of likely N-dealkylation sites (N-methyl/N-ethyl adjacent to an activating group) is 1. The van der Waals surface area contributed by atoms with E-state index in [-0.39, 0.29) is 12.0 Å². The van der Waals surface area contributed by atoms with Gasteiger partial charge in [0, 0.05) is 19.1 Å². The van der Waals surface area contributed by atoms with Gasteiger partial charge in [0.1, 0.15) is 6.04 Å². The van der Waals surface area contributed by atoms with E-state index >= 15 is 0 Å². The summed E-state index contributed by atoms with van der Waals surface area (Å²) >= 11 is 0. The quantitative estimate of drug-likeness (QED) is 0.626. The van der Waals surface area contributed by atoms with Gasteiger partial charge in [-0.3, -0.25) is 4.79 Å². The third kappa shape index (κ3) is 6.64. The highest BCUT2D eigenvalue weighted by Crippen LogP contribution is 1.99. The number of hydrogen-bond acceptors (Lipinski definition) is 4. The molecule has 2 atom stereocenters. The smallest absolute Gasteiger partial charge is 0.323 e. The summed E-state index contributed by atoms with van der Waals surface area (Å²) in [5.41, 5.74) is 0. The van der Waals surface area contributed by atoms with Crippen LogP contribution in [0.5, 0.6) is 0 Å². The molecule has 0 saturated carbocycles. The van der Waals surface area contributed by atoms with Crippen molar-refractivity contribution in [3.63, 3.8) is 0 Å². The van der Waals surface area contributed by atoms with Crippen LogP contribution < -0.4 is 5.32 Å². The van der Waals surface area contributed by atoms with Crippen molar-refractivity contribution in [2.45, 2.75) is 52.6 Å². The Balaban J connectivity index is 3.87. The molecule has 0 aromatic heterocycles. The molecule has 1 N–H and O–H groups in total. The molecule has 102 valence electrons. The van der Waals surface area contributed by atoms with Crippen LogP contribution in [0.4, 0.5) is 0 Å². The number of nitrogens with zero attached hydrogens (tertiary/aromatic N) is 1. The van der Waals surface area contributed by atoms with Crippen LogP contribution >= 0.6 is 0 Å². The molecule has 2 unspecified atom stereocenters. The van der Waals surface area contributed by atoms with Gasteiger partial charge in [-0.25, -0.2) is 0 Å². The molecule has 0 amide bonds. The summed E-state index contributed by atoms with van der Waals surface area (Å²) in [7, 11) is 2.11. The second-order valence-corrected chi connectivity index (χ2v) is 4.40. The molecule has 0 heterocycles. The predicted molar refractivity (Wildman–Crippen MR) is 71.1 cm³/mol. The van der Waals surface area contributed by atoms with Crippen LogP contribution in [0.15, 0.2) is 0 Å². The van der Waals surface area contributed by atoms with Gasteiger partial charge >= 0.3 is 5.97 Å². The number of carbonyl (C=O) groups is 1. The van der Waals surface area contributed by atoms with Gasteiger partial charge in [-0.15, -0.1) is 0 Å². The van der Waals surface area contributed by atoms with Crippen LogP contribution in [-0.2, 0) is 9.53 Å². The molecule has 0 saturated heterocycles. The molecular formula is C13H28N2O2. The molecule has 0 rings (SSSR count). The van der Waals surface area contributed by atoms with Crippen molar-refractivity contribution in [1.82, 2.24) is 10.2 Å². The summed E-state index contributed by atoms with van der Waals surface area (Å²) < 4.78 is 5.01. The van der Waals surface area contributed by atoms with Gasteiger partial charge in [0.25, 0.3) is 0 Å². The first-order valence-corrected chi connectivity index (χ1v) is 6.66. The summed E-state index contributed by atoms with van der Waals surface area (Å²) in [6.07, 6.45) is 1.91. The molecule has 4 nitrogen and oxygen atoms in total. The zero-order chi connectivity index (χ0) is 13.3. The zero-order valence-electron chi connectivity index (χ0n) is 12.0. The first kappa shape index (κ1) is 16.4. The van der Waals surface area contributed by atoms with Crippen molar-refractivity contribution in [2.24, 2.45) is 0 Å².